The molecule has 5 heteroatoms. The van der Waals surface area contributed by atoms with E-state index in [1.165, 1.54) is 0 Å². The molecular formula is C13H20N2O3. The predicted molar refractivity (Wildman–Crippen MR) is 66.7 cm³/mol. The zero-order valence-electron chi connectivity index (χ0n) is 10.8. The molecule has 1 spiro atoms. The summed E-state index contributed by atoms with van der Waals surface area (Å²) in [7, 11) is 0. The summed E-state index contributed by atoms with van der Waals surface area (Å²) in [6.45, 7) is 5.17. The number of carbonyl (C=O) groups excluding carboxylic acids is 1. The summed E-state index contributed by atoms with van der Waals surface area (Å²) < 4.78 is 11.3. The van der Waals surface area contributed by atoms with Crippen molar-refractivity contribution < 1.29 is 14.3 Å². The third-order valence-corrected chi connectivity index (χ3v) is 3.67. The van der Waals surface area contributed by atoms with Crippen molar-refractivity contribution in [3.63, 3.8) is 0 Å². The first-order valence-corrected chi connectivity index (χ1v) is 6.40. The van der Waals surface area contributed by atoms with Gasteiger partial charge < -0.3 is 14.8 Å². The van der Waals surface area contributed by atoms with Crippen LogP contribution >= 0.6 is 0 Å². The highest BCUT2D eigenvalue weighted by atomic mass is 16.7. The monoisotopic (exact) mass is 252 g/mol. The Morgan fingerprint density at radius 3 is 2.61 bits per heavy atom. The first-order valence-electron chi connectivity index (χ1n) is 6.40. The second-order valence-electron chi connectivity index (χ2n) is 4.74. The van der Waals surface area contributed by atoms with Gasteiger partial charge in [0.15, 0.2) is 5.79 Å². The highest BCUT2D eigenvalue weighted by Crippen LogP contribution is 2.31. The Morgan fingerprint density at radius 2 is 2.06 bits per heavy atom. The number of hydrogen-bond acceptors (Lipinski definition) is 4. The van der Waals surface area contributed by atoms with E-state index in [2.05, 4.69) is 16.1 Å². The lowest BCUT2D eigenvalue weighted by molar-refractivity contribution is -0.188. The van der Waals surface area contributed by atoms with Crippen LogP contribution in [0.4, 0.5) is 0 Å². The van der Waals surface area contributed by atoms with Crippen molar-refractivity contribution >= 4 is 5.91 Å². The number of hydrogen-bond donors (Lipinski definition) is 1. The summed E-state index contributed by atoms with van der Waals surface area (Å²) in [5.41, 5.74) is 0. The Bertz CT molecular complexity index is 335. The first-order chi connectivity index (χ1) is 8.67. The zero-order valence-corrected chi connectivity index (χ0v) is 10.8. The normalized spacial score (nSPS) is 24.7. The predicted octanol–water partition coefficient (Wildman–Crippen LogP) is -0.0368. The van der Waals surface area contributed by atoms with Gasteiger partial charge >= 0.3 is 0 Å². The molecule has 1 N–H and O–H groups in total. The fourth-order valence-electron chi connectivity index (χ4n) is 2.49. The maximum Gasteiger partial charge on any atom is 0.237 e. The average Bonchev–Trinajstić information content (AvgIpc) is 2.84. The third kappa shape index (κ3) is 2.83. The molecule has 2 aliphatic rings. The number of piperidine rings is 1. The van der Waals surface area contributed by atoms with Crippen molar-refractivity contribution in [3.05, 3.63) is 0 Å². The molecule has 0 aromatic carbocycles. The molecule has 0 aliphatic carbocycles. The van der Waals surface area contributed by atoms with Gasteiger partial charge in [0.2, 0.25) is 5.91 Å². The number of ether oxygens (including phenoxy) is 2. The van der Waals surface area contributed by atoms with Crippen molar-refractivity contribution in [2.75, 3.05) is 32.8 Å². The Hall–Kier alpha value is -1.09. The largest absolute Gasteiger partial charge is 0.347 e. The fraction of sp³-hybridized carbons (Fsp3) is 0.769. The minimum absolute atomic E-state index is 0.0165. The lowest BCUT2D eigenvalue weighted by Gasteiger charge is -2.39. The lowest BCUT2D eigenvalue weighted by Crippen LogP contribution is -2.52. The van der Waals surface area contributed by atoms with Crippen molar-refractivity contribution in [2.24, 2.45) is 0 Å². The molecular weight excluding hydrogens is 232 g/mol. The maximum atomic E-state index is 11.8. The van der Waals surface area contributed by atoms with Crippen LogP contribution in [0.25, 0.3) is 0 Å². The molecule has 0 saturated carbocycles. The zero-order chi connectivity index (χ0) is 13.0. The van der Waals surface area contributed by atoms with E-state index in [1.807, 2.05) is 6.92 Å². The highest BCUT2D eigenvalue weighted by Gasteiger charge is 2.41. The number of nitrogens with one attached hydrogen (secondary N) is 1. The summed E-state index contributed by atoms with van der Waals surface area (Å²) in [5, 5.41) is 2.71. The smallest absolute Gasteiger partial charge is 0.237 e. The van der Waals surface area contributed by atoms with Gasteiger partial charge in [-0.25, -0.2) is 0 Å². The van der Waals surface area contributed by atoms with Crippen LogP contribution in [-0.2, 0) is 14.3 Å². The van der Waals surface area contributed by atoms with E-state index in [9.17, 15) is 4.79 Å². The van der Waals surface area contributed by atoms with Gasteiger partial charge in [-0.15, -0.1) is 6.42 Å². The standard InChI is InChI=1S/C13H20N2O3/c1-3-6-14-12(16)11(2)15-7-4-13(5-8-15)17-9-10-18-13/h1,11H,4-10H2,2H3,(H,14,16). The molecule has 18 heavy (non-hydrogen) atoms. The minimum Gasteiger partial charge on any atom is -0.347 e. The number of amides is 1. The topological polar surface area (TPSA) is 50.8 Å². The van der Waals surface area contributed by atoms with Crippen LogP contribution < -0.4 is 5.32 Å². The summed E-state index contributed by atoms with van der Waals surface area (Å²) in [5.74, 6) is 2.01. The van der Waals surface area contributed by atoms with Crippen molar-refractivity contribution in [1.82, 2.24) is 10.2 Å². The molecule has 1 unspecified atom stereocenters. The highest BCUT2D eigenvalue weighted by molar-refractivity contribution is 5.81. The van der Waals surface area contributed by atoms with Crippen LogP contribution in [0.2, 0.25) is 0 Å². The summed E-state index contributed by atoms with van der Waals surface area (Å²) in [6.07, 6.45) is 6.76. The average molecular weight is 252 g/mol. The van der Waals surface area contributed by atoms with Crippen molar-refractivity contribution in [1.29, 1.82) is 0 Å². The Labute approximate surface area is 108 Å². The fourth-order valence-corrected chi connectivity index (χ4v) is 2.49. The minimum atomic E-state index is -0.383. The van der Waals surface area contributed by atoms with E-state index in [0.29, 0.717) is 13.2 Å². The second-order valence-corrected chi connectivity index (χ2v) is 4.74. The second kappa shape index (κ2) is 5.70. The molecule has 2 aliphatic heterocycles. The molecule has 1 amide bonds. The third-order valence-electron chi connectivity index (χ3n) is 3.67. The van der Waals surface area contributed by atoms with Crippen LogP contribution in [0.5, 0.6) is 0 Å². The molecule has 2 heterocycles. The van der Waals surface area contributed by atoms with E-state index in [1.54, 1.807) is 0 Å². The molecule has 0 radical (unpaired) electrons. The quantitative estimate of drug-likeness (QED) is 0.716. The number of terminal acetylenes is 1. The Kier molecular flexibility index (Phi) is 4.23. The SMILES string of the molecule is C#CCNC(=O)C(C)N1CCC2(CC1)OCCO2. The lowest BCUT2D eigenvalue weighted by atomic mass is 10.0. The molecule has 2 fully saturated rings. The maximum absolute atomic E-state index is 11.8. The van der Waals surface area contributed by atoms with Gasteiger partial charge in [0.25, 0.3) is 0 Å². The Morgan fingerprint density at radius 1 is 1.44 bits per heavy atom. The molecule has 0 aromatic heterocycles. The van der Waals surface area contributed by atoms with Crippen LogP contribution in [0, 0.1) is 12.3 Å². The number of nitrogens with zero attached hydrogens (tertiary/aromatic N) is 1. The van der Waals surface area contributed by atoms with Gasteiger partial charge in [0.05, 0.1) is 25.8 Å². The van der Waals surface area contributed by atoms with Gasteiger partial charge in [0, 0.05) is 25.9 Å². The molecule has 1 atom stereocenters. The number of carbonyl (C=O) groups is 1. The van der Waals surface area contributed by atoms with Gasteiger partial charge in [0.1, 0.15) is 0 Å². The summed E-state index contributed by atoms with van der Waals surface area (Å²) >= 11 is 0. The van der Waals surface area contributed by atoms with Gasteiger partial charge in [-0.05, 0) is 6.92 Å². The number of likely N-dealkylation sites (tertiary alicyclic amines) is 1. The molecule has 100 valence electrons. The summed E-state index contributed by atoms with van der Waals surface area (Å²) in [6, 6.07) is -0.155. The molecule has 2 saturated heterocycles. The van der Waals surface area contributed by atoms with Crippen LogP contribution in [-0.4, -0.2) is 55.5 Å². The van der Waals surface area contributed by atoms with E-state index < -0.39 is 0 Å². The van der Waals surface area contributed by atoms with E-state index in [0.717, 1.165) is 25.9 Å². The molecule has 0 bridgehead atoms. The van der Waals surface area contributed by atoms with Crippen LogP contribution in [0.1, 0.15) is 19.8 Å². The Balaban J connectivity index is 1.82. The van der Waals surface area contributed by atoms with E-state index in [-0.39, 0.29) is 24.3 Å². The van der Waals surface area contributed by atoms with Crippen molar-refractivity contribution in [3.8, 4) is 12.3 Å². The van der Waals surface area contributed by atoms with Gasteiger partial charge in [-0.1, -0.05) is 5.92 Å². The van der Waals surface area contributed by atoms with Crippen molar-refractivity contribution in [2.45, 2.75) is 31.6 Å². The molecule has 2 rings (SSSR count). The van der Waals surface area contributed by atoms with Gasteiger partial charge in [-0.3, -0.25) is 9.69 Å². The molecule has 0 aromatic rings. The van der Waals surface area contributed by atoms with Gasteiger partial charge in [-0.2, -0.15) is 0 Å². The number of rotatable bonds is 3. The van der Waals surface area contributed by atoms with E-state index in [4.69, 9.17) is 15.9 Å². The van der Waals surface area contributed by atoms with Crippen LogP contribution in [0.15, 0.2) is 0 Å². The summed E-state index contributed by atoms with van der Waals surface area (Å²) in [4.78, 5) is 13.9. The van der Waals surface area contributed by atoms with Crippen LogP contribution in [0.3, 0.4) is 0 Å². The van der Waals surface area contributed by atoms with E-state index >= 15 is 0 Å². The molecule has 5 nitrogen and oxygen atoms in total. The first kappa shape index (κ1) is 13.3.